The number of nitrogens with one attached hydrogen (secondary N) is 1. The highest BCUT2D eigenvalue weighted by atomic mass is 31.2. The van der Waals surface area contributed by atoms with Crippen LogP contribution in [-0.4, -0.2) is 49.2 Å². The summed E-state index contributed by atoms with van der Waals surface area (Å²) in [5.74, 6) is -1.35. The van der Waals surface area contributed by atoms with Gasteiger partial charge in [-0.2, -0.15) is 4.39 Å². The van der Waals surface area contributed by atoms with E-state index in [2.05, 4.69) is 4.52 Å². The Morgan fingerprint density at radius 2 is 2.04 bits per heavy atom. The van der Waals surface area contributed by atoms with Gasteiger partial charge in [0.25, 0.3) is 12.0 Å². The lowest BCUT2D eigenvalue weighted by molar-refractivity contribution is -0.126. The van der Waals surface area contributed by atoms with E-state index in [1.807, 2.05) is 0 Å². The van der Waals surface area contributed by atoms with Crippen molar-refractivity contribution in [3.8, 4) is 0 Å². The van der Waals surface area contributed by atoms with E-state index >= 15 is 0 Å². The highest BCUT2D eigenvalue weighted by molar-refractivity contribution is 7.46. The minimum Gasteiger partial charge on any atom is -0.390 e. The molecule has 1 aliphatic rings. The number of rotatable bonds is 5. The predicted molar refractivity (Wildman–Crippen MR) is 68.7 cm³/mol. The van der Waals surface area contributed by atoms with Crippen LogP contribution in [0.15, 0.2) is 15.8 Å². The quantitative estimate of drug-likeness (QED) is 0.481. The molecule has 0 radical (unpaired) electrons. The molecular weight excluding hydrogens is 364 g/mol. The molecule has 1 aromatic heterocycles. The fourth-order valence-electron chi connectivity index (χ4n) is 2.23. The fourth-order valence-corrected chi connectivity index (χ4v) is 2.76. The highest BCUT2D eigenvalue weighted by Crippen LogP contribution is 2.42. The van der Waals surface area contributed by atoms with Crippen LogP contribution in [0.3, 0.4) is 0 Å². The molecule has 2 heterocycles. The molecule has 0 spiro atoms. The van der Waals surface area contributed by atoms with E-state index in [0.29, 0.717) is 10.8 Å². The number of aromatic amines is 1. The Balaban J connectivity index is 2.28. The minimum absolute atomic E-state index is 0.460. The van der Waals surface area contributed by atoms with Gasteiger partial charge in [-0.3, -0.25) is 18.9 Å². The van der Waals surface area contributed by atoms with Gasteiger partial charge in [0.2, 0.25) is 5.82 Å². The Kier molecular flexibility index (Phi) is 5.32. The molecule has 0 aromatic carbocycles. The summed E-state index contributed by atoms with van der Waals surface area (Å²) in [4.78, 5) is 41.5. The number of aliphatic hydroxyl groups excluding tert-OH is 1. The molecule has 1 saturated heterocycles. The van der Waals surface area contributed by atoms with Gasteiger partial charge in [0.15, 0.2) is 6.10 Å². The van der Waals surface area contributed by atoms with Gasteiger partial charge in [-0.1, -0.05) is 0 Å². The van der Waals surface area contributed by atoms with E-state index in [9.17, 15) is 32.4 Å². The fraction of sp³-hybridized carbons (Fsp3) is 0.600. The largest absolute Gasteiger partial charge is 0.470 e. The van der Waals surface area contributed by atoms with Crippen molar-refractivity contribution in [2.24, 2.45) is 0 Å². The van der Waals surface area contributed by atoms with Crippen molar-refractivity contribution in [3.05, 3.63) is 32.9 Å². The van der Waals surface area contributed by atoms with Crippen molar-refractivity contribution in [2.45, 2.75) is 37.4 Å². The van der Waals surface area contributed by atoms with Gasteiger partial charge in [0.1, 0.15) is 12.3 Å². The monoisotopic (exact) mass is 376 g/mol. The molecule has 4 atom stereocenters. The van der Waals surface area contributed by atoms with Gasteiger partial charge < -0.3 is 19.6 Å². The SMILES string of the molecule is O=c1[nH]c(=O)n([C@H]2C[C@H](O)[C@@H](C(OP(=O)(O)O)C(F)F)O2)cc1F. The number of alkyl halides is 2. The first-order valence-electron chi connectivity index (χ1n) is 6.36. The summed E-state index contributed by atoms with van der Waals surface area (Å²) in [6.45, 7) is 0. The third kappa shape index (κ3) is 4.12. The number of phosphoric ester groups is 1. The van der Waals surface area contributed by atoms with Gasteiger partial charge in [-0.05, 0) is 0 Å². The maximum Gasteiger partial charge on any atom is 0.470 e. The highest BCUT2D eigenvalue weighted by Gasteiger charge is 2.47. The zero-order valence-corrected chi connectivity index (χ0v) is 12.5. The van der Waals surface area contributed by atoms with Crippen molar-refractivity contribution >= 4 is 7.82 Å². The van der Waals surface area contributed by atoms with Crippen molar-refractivity contribution in [1.29, 1.82) is 0 Å². The summed E-state index contributed by atoms with van der Waals surface area (Å²) in [7, 11) is -5.32. The van der Waals surface area contributed by atoms with Crippen LogP contribution in [0.25, 0.3) is 0 Å². The first kappa shape index (κ1) is 18.8. The second kappa shape index (κ2) is 6.78. The Hall–Kier alpha value is -1.50. The second-order valence-electron chi connectivity index (χ2n) is 4.90. The van der Waals surface area contributed by atoms with Crippen LogP contribution in [0, 0.1) is 5.82 Å². The van der Waals surface area contributed by atoms with E-state index < -0.39 is 62.3 Å². The molecule has 1 fully saturated rings. The topological polar surface area (TPSA) is 151 Å². The molecule has 136 valence electrons. The molecule has 0 amide bonds. The lowest BCUT2D eigenvalue weighted by Gasteiger charge is -2.25. The zero-order valence-electron chi connectivity index (χ0n) is 11.6. The number of H-pyrrole nitrogens is 1. The molecule has 1 aliphatic heterocycles. The third-order valence-corrected chi connectivity index (χ3v) is 3.72. The van der Waals surface area contributed by atoms with Gasteiger partial charge >= 0.3 is 13.5 Å². The van der Waals surface area contributed by atoms with E-state index in [4.69, 9.17) is 14.5 Å². The zero-order chi connectivity index (χ0) is 18.2. The van der Waals surface area contributed by atoms with Crippen molar-refractivity contribution < 1.29 is 41.9 Å². The number of ether oxygens (including phenoxy) is 1. The molecule has 14 heteroatoms. The number of hydrogen-bond acceptors (Lipinski definition) is 6. The summed E-state index contributed by atoms with van der Waals surface area (Å²) in [5, 5.41) is 9.78. The lowest BCUT2D eigenvalue weighted by atomic mass is 10.1. The van der Waals surface area contributed by atoms with Crippen LogP contribution in [0.2, 0.25) is 0 Å². The molecular formula is C10H12F3N2O8P. The summed E-state index contributed by atoms with van der Waals surface area (Å²) in [5.41, 5.74) is -2.43. The molecule has 24 heavy (non-hydrogen) atoms. The Labute approximate surface area is 130 Å². The molecule has 0 saturated carbocycles. The molecule has 1 aromatic rings. The smallest absolute Gasteiger partial charge is 0.390 e. The van der Waals surface area contributed by atoms with E-state index in [1.54, 1.807) is 4.98 Å². The average molecular weight is 376 g/mol. The van der Waals surface area contributed by atoms with Crippen LogP contribution >= 0.6 is 7.82 Å². The van der Waals surface area contributed by atoms with Crippen LogP contribution < -0.4 is 11.2 Å². The lowest BCUT2D eigenvalue weighted by Crippen LogP contribution is -2.41. The number of nitrogens with zero attached hydrogens (tertiary/aromatic N) is 1. The number of aromatic nitrogens is 2. The maximum absolute atomic E-state index is 13.2. The van der Waals surface area contributed by atoms with E-state index in [1.165, 1.54) is 0 Å². The van der Waals surface area contributed by atoms with Crippen molar-refractivity contribution in [1.82, 2.24) is 9.55 Å². The molecule has 10 nitrogen and oxygen atoms in total. The summed E-state index contributed by atoms with van der Waals surface area (Å²) >= 11 is 0. The van der Waals surface area contributed by atoms with Gasteiger partial charge in [0, 0.05) is 6.42 Å². The standard InChI is InChI=1S/C10H12F3N2O8P/c11-3-2-15(10(18)14-9(3)17)5-1-4(16)6(22-5)7(8(12)13)23-24(19,20)21/h2,4-8,16H,1H2,(H,14,17,18)(H2,19,20,21)/t4-,5+,6-,7?/m0/s1. The average Bonchev–Trinajstić information content (AvgIpc) is 2.80. The molecule has 0 bridgehead atoms. The Morgan fingerprint density at radius 3 is 2.58 bits per heavy atom. The van der Waals surface area contributed by atoms with E-state index in [0.717, 1.165) is 0 Å². The molecule has 4 N–H and O–H groups in total. The van der Waals surface area contributed by atoms with Gasteiger partial charge in [0.05, 0.1) is 12.3 Å². The predicted octanol–water partition coefficient (Wildman–Crippen LogP) is -0.933. The minimum atomic E-state index is -5.32. The number of aliphatic hydroxyl groups is 1. The van der Waals surface area contributed by atoms with Gasteiger partial charge in [-0.15, -0.1) is 0 Å². The van der Waals surface area contributed by atoms with Crippen LogP contribution in [0.4, 0.5) is 13.2 Å². The van der Waals surface area contributed by atoms with Gasteiger partial charge in [-0.25, -0.2) is 18.1 Å². The summed E-state index contributed by atoms with van der Waals surface area (Å²) in [6.07, 6.45) is -11.0. The molecule has 2 rings (SSSR count). The summed E-state index contributed by atoms with van der Waals surface area (Å²) in [6, 6.07) is 0. The van der Waals surface area contributed by atoms with Crippen molar-refractivity contribution in [3.63, 3.8) is 0 Å². The summed E-state index contributed by atoms with van der Waals surface area (Å²) < 4.78 is 59.3. The Bertz CT molecular complexity index is 761. The third-order valence-electron chi connectivity index (χ3n) is 3.20. The number of phosphoric acid groups is 1. The van der Waals surface area contributed by atoms with Crippen LogP contribution in [-0.2, 0) is 13.8 Å². The van der Waals surface area contributed by atoms with Crippen molar-refractivity contribution in [2.75, 3.05) is 0 Å². The first-order valence-corrected chi connectivity index (χ1v) is 7.89. The molecule has 1 unspecified atom stereocenters. The normalized spacial score (nSPS) is 26.0. The maximum atomic E-state index is 13.2. The first-order chi connectivity index (χ1) is 11.0. The number of halogens is 3. The molecule has 0 aliphatic carbocycles. The second-order valence-corrected chi connectivity index (χ2v) is 6.09. The number of hydrogen-bond donors (Lipinski definition) is 4. The van der Waals surface area contributed by atoms with Crippen LogP contribution in [0.1, 0.15) is 12.6 Å². The Morgan fingerprint density at radius 1 is 1.42 bits per heavy atom. The van der Waals surface area contributed by atoms with Crippen LogP contribution in [0.5, 0.6) is 0 Å². The van der Waals surface area contributed by atoms with E-state index in [-0.39, 0.29) is 0 Å².